The van der Waals surface area contributed by atoms with Gasteiger partial charge >= 0.3 is 6.09 Å². The fourth-order valence-electron chi connectivity index (χ4n) is 2.10. The summed E-state index contributed by atoms with van der Waals surface area (Å²) >= 11 is 5.90. The number of halogens is 1. The maximum atomic E-state index is 12.2. The van der Waals surface area contributed by atoms with Crippen molar-refractivity contribution in [1.82, 2.24) is 9.97 Å². The number of hydrogen-bond acceptors (Lipinski definition) is 5. The van der Waals surface area contributed by atoms with Gasteiger partial charge in [0.2, 0.25) is 5.88 Å². The van der Waals surface area contributed by atoms with Crippen LogP contribution in [0.2, 0.25) is 5.02 Å². The van der Waals surface area contributed by atoms with Crippen molar-refractivity contribution in [3.63, 3.8) is 0 Å². The van der Waals surface area contributed by atoms with Crippen molar-refractivity contribution in [2.75, 3.05) is 10.6 Å². The van der Waals surface area contributed by atoms with Crippen molar-refractivity contribution in [3.05, 3.63) is 71.6 Å². The van der Waals surface area contributed by atoms with Crippen LogP contribution in [0.5, 0.6) is 5.88 Å². The zero-order valence-electron chi connectivity index (χ0n) is 13.4. The molecule has 0 spiro atoms. The van der Waals surface area contributed by atoms with Crippen LogP contribution in [0.1, 0.15) is 5.69 Å². The van der Waals surface area contributed by atoms with E-state index in [1.165, 1.54) is 0 Å². The van der Waals surface area contributed by atoms with Crippen LogP contribution in [0, 0.1) is 6.92 Å². The van der Waals surface area contributed by atoms with E-state index in [1.54, 1.807) is 48.8 Å². The predicted octanol–water partition coefficient (Wildman–Crippen LogP) is 4.79. The van der Waals surface area contributed by atoms with Crippen molar-refractivity contribution in [3.8, 4) is 5.88 Å². The molecule has 7 heteroatoms. The molecule has 3 aromatic rings. The molecule has 2 aromatic heterocycles. The minimum absolute atomic E-state index is 0.170. The van der Waals surface area contributed by atoms with Gasteiger partial charge < -0.3 is 10.1 Å². The van der Waals surface area contributed by atoms with Gasteiger partial charge in [0.15, 0.2) is 0 Å². The zero-order chi connectivity index (χ0) is 17.6. The van der Waals surface area contributed by atoms with Gasteiger partial charge in [-0.15, -0.1) is 0 Å². The lowest BCUT2D eigenvalue weighted by atomic mass is 10.3. The average Bonchev–Trinajstić information content (AvgIpc) is 2.58. The molecule has 3 rings (SSSR count). The van der Waals surface area contributed by atoms with Gasteiger partial charge in [0.05, 0.1) is 11.9 Å². The molecule has 2 N–H and O–H groups in total. The second-order valence-electron chi connectivity index (χ2n) is 5.20. The monoisotopic (exact) mass is 354 g/mol. The Bertz CT molecular complexity index is 887. The number of aryl methyl sites for hydroxylation is 1. The topological polar surface area (TPSA) is 76.1 Å². The van der Waals surface area contributed by atoms with Crippen LogP contribution in [0.3, 0.4) is 0 Å². The minimum atomic E-state index is -0.658. The molecule has 6 nitrogen and oxygen atoms in total. The summed E-state index contributed by atoms with van der Waals surface area (Å²) in [6.07, 6.45) is 2.68. The van der Waals surface area contributed by atoms with E-state index < -0.39 is 6.09 Å². The van der Waals surface area contributed by atoms with Crippen molar-refractivity contribution in [2.24, 2.45) is 0 Å². The van der Waals surface area contributed by atoms with Crippen LogP contribution in [0.4, 0.5) is 21.9 Å². The van der Waals surface area contributed by atoms with Gasteiger partial charge in [-0.3, -0.25) is 10.3 Å². The third kappa shape index (κ3) is 4.68. The second kappa shape index (κ2) is 7.63. The van der Waals surface area contributed by atoms with Gasteiger partial charge in [-0.05, 0) is 49.4 Å². The number of aromatic nitrogens is 2. The molecule has 0 atom stereocenters. The Morgan fingerprint density at radius 1 is 1.12 bits per heavy atom. The lowest BCUT2D eigenvalue weighted by molar-refractivity contribution is 0.213. The van der Waals surface area contributed by atoms with E-state index in [1.807, 2.05) is 19.1 Å². The molecule has 0 fully saturated rings. The quantitative estimate of drug-likeness (QED) is 0.704. The summed E-state index contributed by atoms with van der Waals surface area (Å²) in [6.45, 7) is 1.82. The first-order chi connectivity index (χ1) is 12.1. The lowest BCUT2D eigenvalue weighted by Gasteiger charge is -2.12. The van der Waals surface area contributed by atoms with Crippen molar-refractivity contribution < 1.29 is 9.53 Å². The Labute approximate surface area is 149 Å². The summed E-state index contributed by atoms with van der Waals surface area (Å²) in [4.78, 5) is 20.5. The lowest BCUT2D eigenvalue weighted by Crippen LogP contribution is -2.18. The highest BCUT2D eigenvalue weighted by Crippen LogP contribution is 2.26. The molecule has 1 amide bonds. The SMILES string of the molecule is Cc1ccc(Nc2cccnc2)c(OC(=O)Nc2cccc(Cl)c2)n1. The number of ether oxygens (including phenoxy) is 1. The van der Waals surface area contributed by atoms with E-state index >= 15 is 0 Å². The summed E-state index contributed by atoms with van der Waals surface area (Å²) < 4.78 is 5.36. The molecule has 0 unspecified atom stereocenters. The normalized spacial score (nSPS) is 10.2. The highest BCUT2D eigenvalue weighted by Gasteiger charge is 2.12. The maximum absolute atomic E-state index is 12.2. The smallest absolute Gasteiger partial charge is 0.389 e. The number of nitrogens with one attached hydrogen (secondary N) is 2. The van der Waals surface area contributed by atoms with Gasteiger partial charge in [0, 0.05) is 22.6 Å². The molecule has 25 heavy (non-hydrogen) atoms. The summed E-state index contributed by atoms with van der Waals surface area (Å²) in [5.41, 5.74) is 2.57. The number of nitrogens with zero attached hydrogens (tertiary/aromatic N) is 2. The van der Waals surface area contributed by atoms with Crippen LogP contribution in [0.15, 0.2) is 60.9 Å². The molecular formula is C18H15ClN4O2. The highest BCUT2D eigenvalue weighted by molar-refractivity contribution is 6.30. The van der Waals surface area contributed by atoms with E-state index in [9.17, 15) is 4.79 Å². The van der Waals surface area contributed by atoms with Crippen molar-refractivity contribution in [2.45, 2.75) is 6.92 Å². The molecule has 1 aromatic carbocycles. The Balaban J connectivity index is 1.76. The molecular weight excluding hydrogens is 340 g/mol. The molecule has 0 aliphatic heterocycles. The Kier molecular flexibility index (Phi) is 5.11. The predicted molar refractivity (Wildman–Crippen MR) is 97.6 cm³/mol. The standard InChI is InChI=1S/C18H15ClN4O2/c1-12-7-8-16(22-15-6-3-9-20-11-15)17(21-12)25-18(24)23-14-5-2-4-13(19)10-14/h2-11,22H,1H3,(H,23,24). The van der Waals surface area contributed by atoms with Crippen LogP contribution < -0.4 is 15.4 Å². The molecule has 0 saturated heterocycles. The number of amides is 1. The van der Waals surface area contributed by atoms with Gasteiger partial charge in [-0.1, -0.05) is 17.7 Å². The van der Waals surface area contributed by atoms with E-state index in [4.69, 9.17) is 16.3 Å². The zero-order valence-corrected chi connectivity index (χ0v) is 14.1. The number of benzene rings is 1. The third-order valence-electron chi connectivity index (χ3n) is 3.20. The fraction of sp³-hybridized carbons (Fsp3) is 0.0556. The van der Waals surface area contributed by atoms with Gasteiger partial charge in [0.1, 0.15) is 5.69 Å². The van der Waals surface area contributed by atoms with Crippen LogP contribution >= 0.6 is 11.6 Å². The summed E-state index contributed by atoms with van der Waals surface area (Å²) in [7, 11) is 0. The Hall–Kier alpha value is -3.12. The molecule has 0 aliphatic carbocycles. The number of pyridine rings is 2. The largest absolute Gasteiger partial charge is 0.418 e. The molecule has 0 saturated carbocycles. The number of rotatable bonds is 4. The van der Waals surface area contributed by atoms with Gasteiger partial charge in [-0.2, -0.15) is 0 Å². The van der Waals surface area contributed by atoms with E-state index in [0.717, 1.165) is 11.4 Å². The van der Waals surface area contributed by atoms with Crippen LogP contribution in [-0.4, -0.2) is 16.1 Å². The van der Waals surface area contributed by atoms with E-state index in [-0.39, 0.29) is 5.88 Å². The summed E-state index contributed by atoms with van der Waals surface area (Å²) in [5.74, 6) is 0.170. The molecule has 0 bridgehead atoms. The fourth-order valence-corrected chi connectivity index (χ4v) is 2.29. The number of anilines is 3. The second-order valence-corrected chi connectivity index (χ2v) is 5.63. The third-order valence-corrected chi connectivity index (χ3v) is 3.44. The first-order valence-corrected chi connectivity index (χ1v) is 7.87. The van der Waals surface area contributed by atoms with Crippen molar-refractivity contribution in [1.29, 1.82) is 0 Å². The molecule has 0 radical (unpaired) electrons. The summed E-state index contributed by atoms with van der Waals surface area (Å²) in [6, 6.07) is 14.1. The van der Waals surface area contributed by atoms with E-state index in [0.29, 0.717) is 16.4 Å². The van der Waals surface area contributed by atoms with E-state index in [2.05, 4.69) is 20.6 Å². The van der Waals surface area contributed by atoms with Gasteiger partial charge in [-0.25, -0.2) is 9.78 Å². The average molecular weight is 355 g/mol. The first kappa shape index (κ1) is 16.7. The van der Waals surface area contributed by atoms with Gasteiger partial charge in [0.25, 0.3) is 0 Å². The Morgan fingerprint density at radius 2 is 1.96 bits per heavy atom. The first-order valence-electron chi connectivity index (χ1n) is 7.49. The number of hydrogen-bond donors (Lipinski definition) is 2. The highest BCUT2D eigenvalue weighted by atomic mass is 35.5. The number of carbonyl (C=O) groups is 1. The van der Waals surface area contributed by atoms with Crippen molar-refractivity contribution >= 4 is 34.8 Å². The number of carbonyl (C=O) groups excluding carboxylic acids is 1. The summed E-state index contributed by atoms with van der Waals surface area (Å²) in [5, 5.41) is 6.26. The molecule has 2 heterocycles. The maximum Gasteiger partial charge on any atom is 0.418 e. The Morgan fingerprint density at radius 3 is 2.72 bits per heavy atom. The molecule has 126 valence electrons. The van der Waals surface area contributed by atoms with Crippen LogP contribution in [0.25, 0.3) is 0 Å². The van der Waals surface area contributed by atoms with Crippen LogP contribution in [-0.2, 0) is 0 Å². The molecule has 0 aliphatic rings. The minimum Gasteiger partial charge on any atom is -0.389 e.